The topological polar surface area (TPSA) is 107 Å². The van der Waals surface area contributed by atoms with Crippen molar-refractivity contribution >= 4 is 12.1 Å². The van der Waals surface area contributed by atoms with Gasteiger partial charge in [-0.05, 0) is 50.7 Å². The lowest BCUT2D eigenvalue weighted by Crippen LogP contribution is -2.35. The van der Waals surface area contributed by atoms with Crippen molar-refractivity contribution in [1.82, 2.24) is 19.7 Å². The van der Waals surface area contributed by atoms with E-state index in [4.69, 9.17) is 9.47 Å². The minimum Gasteiger partial charge on any atom is -0.488 e. The summed E-state index contributed by atoms with van der Waals surface area (Å²) in [6.07, 6.45) is 7.70. The SMILES string of the molecule is CN(C(=O)OCc1c(-c2ccc(O[C@H]3CCCC(C(=O)O)C3)c(CF)n2)cnn1C)C1CCCC1. The Hall–Kier alpha value is -3.17. The van der Waals surface area contributed by atoms with Crippen LogP contribution in [0.5, 0.6) is 5.75 Å². The first kappa shape index (κ1) is 24.9. The molecule has 0 radical (unpaired) electrons. The number of aryl methyl sites for hydroxylation is 1. The van der Waals surface area contributed by atoms with E-state index < -0.39 is 18.6 Å². The molecule has 10 heteroatoms. The molecule has 4 rings (SSSR count). The van der Waals surface area contributed by atoms with Crippen LogP contribution in [0.15, 0.2) is 18.3 Å². The number of pyridine rings is 1. The summed E-state index contributed by atoms with van der Waals surface area (Å²) in [5.41, 5.74) is 1.95. The van der Waals surface area contributed by atoms with Gasteiger partial charge in [-0.2, -0.15) is 5.10 Å². The molecular formula is C25H33FN4O5. The summed E-state index contributed by atoms with van der Waals surface area (Å²) < 4.78 is 27.1. The van der Waals surface area contributed by atoms with Gasteiger partial charge in [0, 0.05) is 25.7 Å². The molecule has 0 aromatic carbocycles. The third-order valence-electron chi connectivity index (χ3n) is 7.16. The standard InChI is InChI=1S/C25H33FN4O5/c1-29(17-7-3-4-8-17)25(33)34-15-22-19(14-27-30(22)2)20-10-11-23(21(13-26)28-20)35-18-9-5-6-16(12-18)24(31)32/h10-11,14,16-18H,3-9,12-13,15H2,1-2H3,(H,31,32)/t16?,18-/m0/s1. The third-order valence-corrected chi connectivity index (χ3v) is 7.16. The molecule has 1 unspecified atom stereocenters. The number of halogens is 1. The number of nitrogens with zero attached hydrogens (tertiary/aromatic N) is 4. The second-order valence-corrected chi connectivity index (χ2v) is 9.45. The van der Waals surface area contributed by atoms with Crippen LogP contribution < -0.4 is 4.74 Å². The maximum Gasteiger partial charge on any atom is 0.410 e. The van der Waals surface area contributed by atoms with Crippen molar-refractivity contribution in [2.75, 3.05) is 7.05 Å². The molecular weight excluding hydrogens is 455 g/mol. The van der Waals surface area contributed by atoms with Gasteiger partial charge < -0.3 is 19.5 Å². The van der Waals surface area contributed by atoms with Gasteiger partial charge in [0.15, 0.2) is 0 Å². The highest BCUT2D eigenvalue weighted by Gasteiger charge is 2.29. The number of carboxylic acids is 1. The average molecular weight is 489 g/mol. The predicted molar refractivity (Wildman–Crippen MR) is 125 cm³/mol. The molecule has 2 aromatic heterocycles. The van der Waals surface area contributed by atoms with Crippen molar-refractivity contribution in [2.24, 2.45) is 13.0 Å². The van der Waals surface area contributed by atoms with Gasteiger partial charge in [-0.1, -0.05) is 12.8 Å². The number of rotatable bonds is 8. The smallest absolute Gasteiger partial charge is 0.410 e. The number of hydrogen-bond donors (Lipinski definition) is 1. The molecule has 0 saturated heterocycles. The Labute approximate surface area is 204 Å². The lowest BCUT2D eigenvalue weighted by atomic mass is 9.87. The number of carbonyl (C=O) groups is 2. The van der Waals surface area contributed by atoms with Crippen molar-refractivity contribution in [3.8, 4) is 17.0 Å². The van der Waals surface area contributed by atoms with Gasteiger partial charge in [0.1, 0.15) is 24.7 Å². The van der Waals surface area contributed by atoms with E-state index in [2.05, 4.69) is 10.1 Å². The fourth-order valence-electron chi connectivity index (χ4n) is 5.02. The Morgan fingerprint density at radius 2 is 1.97 bits per heavy atom. The molecule has 9 nitrogen and oxygen atoms in total. The zero-order chi connectivity index (χ0) is 24.9. The molecule has 190 valence electrons. The number of carboxylic acid groups (broad SMARTS) is 1. The van der Waals surface area contributed by atoms with E-state index >= 15 is 0 Å². The summed E-state index contributed by atoms with van der Waals surface area (Å²) in [5, 5.41) is 13.6. The summed E-state index contributed by atoms with van der Waals surface area (Å²) in [5.74, 6) is -0.942. The summed E-state index contributed by atoms with van der Waals surface area (Å²) in [4.78, 5) is 30.0. The normalized spacial score (nSPS) is 20.5. The van der Waals surface area contributed by atoms with Gasteiger partial charge >= 0.3 is 12.1 Å². The van der Waals surface area contributed by atoms with Crippen LogP contribution in [0.4, 0.5) is 9.18 Å². The first-order chi connectivity index (χ1) is 16.9. The number of aliphatic carboxylic acids is 1. The number of alkyl halides is 1. The van der Waals surface area contributed by atoms with Gasteiger partial charge in [-0.15, -0.1) is 0 Å². The fraction of sp³-hybridized carbons (Fsp3) is 0.600. The number of hydrogen-bond acceptors (Lipinski definition) is 6. The van der Waals surface area contributed by atoms with Crippen LogP contribution >= 0.6 is 0 Å². The van der Waals surface area contributed by atoms with E-state index in [0.29, 0.717) is 35.5 Å². The van der Waals surface area contributed by atoms with Crippen LogP contribution in [0, 0.1) is 5.92 Å². The number of ether oxygens (including phenoxy) is 2. The van der Waals surface area contributed by atoms with Crippen LogP contribution in [0.1, 0.15) is 62.8 Å². The highest BCUT2D eigenvalue weighted by molar-refractivity contribution is 5.70. The molecule has 2 heterocycles. The summed E-state index contributed by atoms with van der Waals surface area (Å²) >= 11 is 0. The molecule has 2 aliphatic carbocycles. The lowest BCUT2D eigenvalue weighted by molar-refractivity contribution is -0.143. The monoisotopic (exact) mass is 488 g/mol. The molecule has 1 amide bonds. The van der Waals surface area contributed by atoms with Crippen molar-refractivity contribution < 1.29 is 28.6 Å². The zero-order valence-electron chi connectivity index (χ0n) is 20.3. The minimum absolute atomic E-state index is 0.0191. The molecule has 0 spiro atoms. The predicted octanol–water partition coefficient (Wildman–Crippen LogP) is 4.48. The summed E-state index contributed by atoms with van der Waals surface area (Å²) in [6.45, 7) is -0.805. The molecule has 0 aliphatic heterocycles. The van der Waals surface area contributed by atoms with Crippen LogP contribution in [-0.2, 0) is 29.9 Å². The Balaban J connectivity index is 1.46. The molecule has 0 bridgehead atoms. The van der Waals surface area contributed by atoms with Crippen molar-refractivity contribution in [2.45, 2.75) is 76.8 Å². The highest BCUT2D eigenvalue weighted by Crippen LogP contribution is 2.32. The maximum absolute atomic E-state index is 13.9. The molecule has 2 aliphatic rings. The largest absolute Gasteiger partial charge is 0.488 e. The Morgan fingerprint density at radius 3 is 2.69 bits per heavy atom. The van der Waals surface area contributed by atoms with Gasteiger partial charge in [-0.3, -0.25) is 9.48 Å². The van der Waals surface area contributed by atoms with E-state index in [1.165, 1.54) is 0 Å². The number of aromatic nitrogens is 3. The van der Waals surface area contributed by atoms with Gasteiger partial charge in [0.2, 0.25) is 0 Å². The number of amides is 1. The Bertz CT molecular complexity index is 1050. The summed E-state index contributed by atoms with van der Waals surface area (Å²) in [6, 6.07) is 3.60. The van der Waals surface area contributed by atoms with Crippen LogP contribution in [0.3, 0.4) is 0 Å². The molecule has 2 atom stereocenters. The van der Waals surface area contributed by atoms with Crippen LogP contribution in [0.2, 0.25) is 0 Å². The van der Waals surface area contributed by atoms with Gasteiger partial charge in [0.05, 0.1) is 29.6 Å². The maximum atomic E-state index is 13.9. The van der Waals surface area contributed by atoms with Gasteiger partial charge in [-0.25, -0.2) is 14.2 Å². The quantitative estimate of drug-likeness (QED) is 0.584. The van der Waals surface area contributed by atoms with Crippen LogP contribution in [-0.4, -0.2) is 56.0 Å². The number of carbonyl (C=O) groups excluding carboxylic acids is 1. The molecule has 35 heavy (non-hydrogen) atoms. The molecule has 2 aromatic rings. The third kappa shape index (κ3) is 5.74. The van der Waals surface area contributed by atoms with Crippen molar-refractivity contribution in [1.29, 1.82) is 0 Å². The van der Waals surface area contributed by atoms with E-state index in [-0.39, 0.29) is 30.5 Å². The lowest BCUT2D eigenvalue weighted by Gasteiger charge is -2.27. The molecule has 1 N–H and O–H groups in total. The van der Waals surface area contributed by atoms with Gasteiger partial charge in [0.25, 0.3) is 0 Å². The fourth-order valence-corrected chi connectivity index (χ4v) is 5.02. The van der Waals surface area contributed by atoms with E-state index in [1.54, 1.807) is 42.0 Å². The van der Waals surface area contributed by atoms with E-state index in [1.807, 2.05) is 0 Å². The first-order valence-corrected chi connectivity index (χ1v) is 12.2. The Morgan fingerprint density at radius 1 is 1.20 bits per heavy atom. The molecule has 2 fully saturated rings. The summed E-state index contributed by atoms with van der Waals surface area (Å²) in [7, 11) is 3.52. The molecule has 2 saturated carbocycles. The van der Waals surface area contributed by atoms with Crippen molar-refractivity contribution in [3.63, 3.8) is 0 Å². The minimum atomic E-state index is -0.824. The highest BCUT2D eigenvalue weighted by atomic mass is 19.1. The van der Waals surface area contributed by atoms with E-state index in [9.17, 15) is 19.1 Å². The Kier molecular flexibility index (Phi) is 7.87. The second kappa shape index (κ2) is 11.0. The zero-order valence-corrected chi connectivity index (χ0v) is 20.3. The average Bonchev–Trinajstić information content (AvgIpc) is 3.52. The van der Waals surface area contributed by atoms with Crippen LogP contribution in [0.25, 0.3) is 11.3 Å². The van der Waals surface area contributed by atoms with Crippen molar-refractivity contribution in [3.05, 3.63) is 29.7 Å². The second-order valence-electron chi connectivity index (χ2n) is 9.45. The first-order valence-electron chi connectivity index (χ1n) is 12.2. The van der Waals surface area contributed by atoms with E-state index in [0.717, 1.165) is 38.5 Å².